The number of carbonyl (C=O) groups excluding carboxylic acids is 1. The Bertz CT molecular complexity index is 498. The Morgan fingerprint density at radius 1 is 1.12 bits per heavy atom. The van der Waals surface area contributed by atoms with E-state index in [1.807, 2.05) is 30.3 Å². The van der Waals surface area contributed by atoms with Crippen molar-refractivity contribution in [3.63, 3.8) is 0 Å². The molecule has 0 aliphatic heterocycles. The highest BCUT2D eigenvalue weighted by Crippen LogP contribution is 2.17. The van der Waals surface area contributed by atoms with Gasteiger partial charge < -0.3 is 10.2 Å². The lowest BCUT2D eigenvalue weighted by molar-refractivity contribution is -0.112. The lowest BCUT2D eigenvalue weighted by atomic mass is 10.0. The zero-order chi connectivity index (χ0) is 11.4. The van der Waals surface area contributed by atoms with Crippen molar-refractivity contribution in [2.45, 2.75) is 0 Å². The summed E-state index contributed by atoms with van der Waals surface area (Å²) in [6.07, 6.45) is 3.19. The van der Waals surface area contributed by atoms with Gasteiger partial charge in [0.1, 0.15) is 5.76 Å². The highest BCUT2D eigenvalue weighted by atomic mass is 16.3. The van der Waals surface area contributed by atoms with Gasteiger partial charge in [0, 0.05) is 0 Å². The van der Waals surface area contributed by atoms with Crippen LogP contribution in [0.4, 0.5) is 0 Å². The van der Waals surface area contributed by atoms with E-state index in [2.05, 4.69) is 0 Å². The Morgan fingerprint density at radius 2 is 1.88 bits per heavy atom. The molecule has 2 aromatic rings. The minimum atomic E-state index is -0.470. The quantitative estimate of drug-likeness (QED) is 0.795. The first kappa shape index (κ1) is 10.2. The molecule has 1 aromatic heterocycles. The molecule has 2 N–H and O–H groups in total. The second kappa shape index (κ2) is 4.49. The van der Waals surface area contributed by atoms with Crippen LogP contribution in [0.25, 0.3) is 11.6 Å². The van der Waals surface area contributed by atoms with E-state index in [1.165, 1.54) is 0 Å². The molecule has 0 saturated heterocycles. The molecule has 80 valence electrons. The van der Waals surface area contributed by atoms with Crippen molar-refractivity contribution >= 4 is 17.6 Å². The lowest BCUT2D eigenvalue weighted by Gasteiger charge is -2.02. The minimum absolute atomic E-state index is 0.440. The molecular weight excluding hydrogens is 202 g/mol. The normalized spacial score (nSPS) is 11.4. The Kier molecular flexibility index (Phi) is 2.87. The van der Waals surface area contributed by atoms with Crippen LogP contribution in [0.15, 0.2) is 53.1 Å². The lowest BCUT2D eigenvalue weighted by Crippen LogP contribution is -2.12. The molecule has 0 radical (unpaired) electrons. The number of rotatable bonds is 3. The van der Waals surface area contributed by atoms with E-state index in [0.29, 0.717) is 11.3 Å². The number of furan rings is 1. The Hall–Kier alpha value is -2.29. The molecule has 3 nitrogen and oxygen atoms in total. The van der Waals surface area contributed by atoms with Gasteiger partial charge in [-0.15, -0.1) is 0 Å². The van der Waals surface area contributed by atoms with E-state index in [1.54, 1.807) is 24.5 Å². The van der Waals surface area contributed by atoms with Crippen molar-refractivity contribution in [3.8, 4) is 0 Å². The summed E-state index contributed by atoms with van der Waals surface area (Å²) >= 11 is 0. The van der Waals surface area contributed by atoms with Gasteiger partial charge in [-0.2, -0.15) is 0 Å². The van der Waals surface area contributed by atoms with E-state index in [0.717, 1.165) is 5.56 Å². The summed E-state index contributed by atoms with van der Waals surface area (Å²) < 4.78 is 5.15. The molecule has 0 atom stereocenters. The molecule has 0 spiro atoms. The maximum atomic E-state index is 11.3. The van der Waals surface area contributed by atoms with Crippen molar-refractivity contribution < 1.29 is 9.21 Å². The Morgan fingerprint density at radius 3 is 2.44 bits per heavy atom. The van der Waals surface area contributed by atoms with Crippen molar-refractivity contribution in [2.75, 3.05) is 0 Å². The number of primary amides is 1. The predicted octanol–water partition coefficient (Wildman–Crippen LogP) is 2.31. The molecule has 3 heteroatoms. The van der Waals surface area contributed by atoms with Gasteiger partial charge in [-0.05, 0) is 23.8 Å². The zero-order valence-electron chi connectivity index (χ0n) is 8.59. The van der Waals surface area contributed by atoms with Crippen LogP contribution in [0.5, 0.6) is 0 Å². The molecule has 1 amide bonds. The average molecular weight is 213 g/mol. The molecule has 0 aliphatic carbocycles. The second-order valence-electron chi connectivity index (χ2n) is 3.30. The third kappa shape index (κ3) is 2.20. The number of amides is 1. The Balaban J connectivity index is 2.43. The summed E-state index contributed by atoms with van der Waals surface area (Å²) in [4.78, 5) is 11.3. The summed E-state index contributed by atoms with van der Waals surface area (Å²) in [7, 11) is 0. The molecule has 1 aromatic carbocycles. The molecule has 0 aliphatic rings. The van der Waals surface area contributed by atoms with Gasteiger partial charge in [-0.3, -0.25) is 4.79 Å². The van der Waals surface area contributed by atoms with Crippen LogP contribution in [0, 0.1) is 0 Å². The number of hydrogen-bond donors (Lipinski definition) is 1. The van der Waals surface area contributed by atoms with Crippen molar-refractivity contribution in [1.29, 1.82) is 0 Å². The molecule has 0 saturated carbocycles. The van der Waals surface area contributed by atoms with Gasteiger partial charge in [0.05, 0.1) is 11.8 Å². The van der Waals surface area contributed by atoms with Crippen LogP contribution < -0.4 is 5.73 Å². The van der Waals surface area contributed by atoms with Crippen LogP contribution in [0.1, 0.15) is 11.3 Å². The van der Waals surface area contributed by atoms with Gasteiger partial charge in [-0.25, -0.2) is 0 Å². The smallest absolute Gasteiger partial charge is 0.249 e. The summed E-state index contributed by atoms with van der Waals surface area (Å²) in [6, 6.07) is 12.8. The topological polar surface area (TPSA) is 56.2 Å². The summed E-state index contributed by atoms with van der Waals surface area (Å²) in [5.41, 5.74) is 6.56. The van der Waals surface area contributed by atoms with Gasteiger partial charge in [0.2, 0.25) is 5.91 Å². The molecular formula is C13H11NO2. The van der Waals surface area contributed by atoms with E-state index in [4.69, 9.17) is 10.2 Å². The molecule has 1 heterocycles. The second-order valence-corrected chi connectivity index (χ2v) is 3.30. The summed E-state index contributed by atoms with van der Waals surface area (Å²) in [5, 5.41) is 0. The van der Waals surface area contributed by atoms with Crippen LogP contribution in [-0.4, -0.2) is 5.91 Å². The zero-order valence-corrected chi connectivity index (χ0v) is 8.59. The fourth-order valence-electron chi connectivity index (χ4n) is 1.43. The van der Waals surface area contributed by atoms with Gasteiger partial charge in [0.25, 0.3) is 0 Å². The van der Waals surface area contributed by atoms with Crippen LogP contribution in [-0.2, 0) is 4.79 Å². The minimum Gasteiger partial charge on any atom is -0.465 e. The van der Waals surface area contributed by atoms with E-state index < -0.39 is 5.91 Å². The predicted molar refractivity (Wildman–Crippen MR) is 62.2 cm³/mol. The van der Waals surface area contributed by atoms with Crippen molar-refractivity contribution in [1.82, 2.24) is 0 Å². The SMILES string of the molecule is NC(=O)/C(=C/c1ccco1)c1ccccc1. The Labute approximate surface area is 93.2 Å². The van der Waals surface area contributed by atoms with Crippen LogP contribution in [0.2, 0.25) is 0 Å². The highest BCUT2D eigenvalue weighted by Gasteiger charge is 2.08. The molecule has 0 bridgehead atoms. The largest absolute Gasteiger partial charge is 0.465 e. The molecule has 0 fully saturated rings. The van der Waals surface area contributed by atoms with Gasteiger partial charge in [0.15, 0.2) is 0 Å². The summed E-state index contributed by atoms with van der Waals surface area (Å²) in [6.45, 7) is 0. The van der Waals surface area contributed by atoms with E-state index in [9.17, 15) is 4.79 Å². The third-order valence-electron chi connectivity index (χ3n) is 2.18. The fraction of sp³-hybridized carbons (Fsp3) is 0. The first-order valence-corrected chi connectivity index (χ1v) is 4.88. The van der Waals surface area contributed by atoms with Crippen molar-refractivity contribution in [3.05, 3.63) is 60.1 Å². The van der Waals surface area contributed by atoms with Crippen LogP contribution in [0.3, 0.4) is 0 Å². The van der Waals surface area contributed by atoms with Gasteiger partial charge >= 0.3 is 0 Å². The average Bonchev–Trinajstić information content (AvgIpc) is 2.79. The standard InChI is InChI=1S/C13H11NO2/c14-13(15)12(9-11-7-4-8-16-11)10-5-2-1-3-6-10/h1-9H,(H2,14,15)/b12-9+. The molecule has 0 unspecified atom stereocenters. The fourth-order valence-corrected chi connectivity index (χ4v) is 1.43. The van der Waals surface area contributed by atoms with Gasteiger partial charge in [-0.1, -0.05) is 30.3 Å². The van der Waals surface area contributed by atoms with E-state index in [-0.39, 0.29) is 0 Å². The monoisotopic (exact) mass is 213 g/mol. The first-order valence-electron chi connectivity index (χ1n) is 4.88. The maximum Gasteiger partial charge on any atom is 0.249 e. The van der Waals surface area contributed by atoms with Crippen molar-refractivity contribution in [2.24, 2.45) is 5.73 Å². The third-order valence-corrected chi connectivity index (χ3v) is 2.18. The number of benzene rings is 1. The summed E-state index contributed by atoms with van der Waals surface area (Å²) in [5.74, 6) is 0.139. The van der Waals surface area contributed by atoms with Crippen LogP contribution >= 0.6 is 0 Å². The molecule has 16 heavy (non-hydrogen) atoms. The maximum absolute atomic E-state index is 11.3. The molecule has 2 rings (SSSR count). The van der Waals surface area contributed by atoms with E-state index >= 15 is 0 Å². The number of hydrogen-bond acceptors (Lipinski definition) is 2. The number of carbonyl (C=O) groups is 1. The first-order chi connectivity index (χ1) is 7.77. The number of nitrogens with two attached hydrogens (primary N) is 1. The highest BCUT2D eigenvalue weighted by molar-refractivity contribution is 6.23.